The lowest BCUT2D eigenvalue weighted by molar-refractivity contribution is -0.132. The largest absolute Gasteiger partial charge is 0.497 e. The van der Waals surface area contributed by atoms with Crippen LogP contribution in [0.5, 0.6) is 5.75 Å². The first-order valence-corrected chi connectivity index (χ1v) is 11.4. The van der Waals surface area contributed by atoms with Gasteiger partial charge >= 0.3 is 0 Å². The average molecular weight is 480 g/mol. The van der Waals surface area contributed by atoms with Crippen LogP contribution in [0.2, 0.25) is 0 Å². The predicted molar refractivity (Wildman–Crippen MR) is 129 cm³/mol. The van der Waals surface area contributed by atoms with Gasteiger partial charge in [0.25, 0.3) is 5.91 Å². The SMILES string of the molecule is COCCN(CC(=O)N1CCN(c2ccc(-c3ccc(OC)cc3)nn2)CC1)C(=O)c1ccco1. The van der Waals surface area contributed by atoms with Gasteiger partial charge in [-0.15, -0.1) is 10.2 Å². The Morgan fingerprint density at radius 1 is 1.00 bits per heavy atom. The summed E-state index contributed by atoms with van der Waals surface area (Å²) in [7, 11) is 3.19. The van der Waals surface area contributed by atoms with Gasteiger partial charge in [-0.3, -0.25) is 9.59 Å². The van der Waals surface area contributed by atoms with E-state index in [1.165, 1.54) is 11.2 Å². The van der Waals surface area contributed by atoms with Gasteiger partial charge in [-0.2, -0.15) is 0 Å². The topological polar surface area (TPSA) is 101 Å². The van der Waals surface area contributed by atoms with Crippen LogP contribution in [0.1, 0.15) is 10.6 Å². The number of anilines is 1. The molecule has 2 amide bonds. The van der Waals surface area contributed by atoms with Gasteiger partial charge in [-0.1, -0.05) is 0 Å². The molecular weight excluding hydrogens is 450 g/mol. The van der Waals surface area contributed by atoms with Gasteiger partial charge in [0.1, 0.15) is 12.3 Å². The minimum atomic E-state index is -0.328. The molecule has 1 aromatic carbocycles. The lowest BCUT2D eigenvalue weighted by Crippen LogP contribution is -2.52. The molecule has 0 spiro atoms. The number of carbonyl (C=O) groups is 2. The van der Waals surface area contributed by atoms with Crippen molar-refractivity contribution in [3.8, 4) is 17.0 Å². The van der Waals surface area contributed by atoms with Gasteiger partial charge in [-0.25, -0.2) is 0 Å². The Kier molecular flexibility index (Phi) is 7.94. The van der Waals surface area contributed by atoms with Crippen LogP contribution in [-0.4, -0.2) is 91.9 Å². The van der Waals surface area contributed by atoms with Crippen molar-refractivity contribution in [1.29, 1.82) is 0 Å². The highest BCUT2D eigenvalue weighted by Gasteiger charge is 2.26. The molecule has 0 saturated carbocycles. The molecule has 10 heteroatoms. The quantitative estimate of drug-likeness (QED) is 0.460. The lowest BCUT2D eigenvalue weighted by Gasteiger charge is -2.36. The molecule has 2 aromatic heterocycles. The first-order chi connectivity index (χ1) is 17.1. The number of benzene rings is 1. The fraction of sp³-hybridized carbons (Fsp3) is 0.360. The van der Waals surface area contributed by atoms with Crippen molar-refractivity contribution in [2.45, 2.75) is 0 Å². The summed E-state index contributed by atoms with van der Waals surface area (Å²) in [4.78, 5) is 31.0. The van der Waals surface area contributed by atoms with E-state index in [1.807, 2.05) is 36.4 Å². The second-order valence-corrected chi connectivity index (χ2v) is 8.07. The molecule has 3 heterocycles. The van der Waals surface area contributed by atoms with Crippen LogP contribution in [0.15, 0.2) is 59.2 Å². The summed E-state index contributed by atoms with van der Waals surface area (Å²) in [5, 5.41) is 8.76. The predicted octanol–water partition coefficient (Wildman–Crippen LogP) is 2.18. The van der Waals surface area contributed by atoms with E-state index in [9.17, 15) is 9.59 Å². The summed E-state index contributed by atoms with van der Waals surface area (Å²) in [6.45, 7) is 2.94. The number of ether oxygens (including phenoxy) is 2. The highest BCUT2D eigenvalue weighted by atomic mass is 16.5. The summed E-state index contributed by atoms with van der Waals surface area (Å²) in [6.07, 6.45) is 1.44. The highest BCUT2D eigenvalue weighted by Crippen LogP contribution is 2.22. The molecule has 0 aliphatic carbocycles. The van der Waals surface area contributed by atoms with Crippen LogP contribution in [0, 0.1) is 0 Å². The third-order valence-electron chi connectivity index (χ3n) is 5.90. The van der Waals surface area contributed by atoms with Crippen molar-refractivity contribution in [2.24, 2.45) is 0 Å². The molecule has 0 radical (unpaired) electrons. The molecule has 10 nitrogen and oxygen atoms in total. The fourth-order valence-corrected chi connectivity index (χ4v) is 3.87. The van der Waals surface area contributed by atoms with Gasteiger partial charge in [0.05, 0.1) is 25.7 Å². The monoisotopic (exact) mass is 479 g/mol. The summed E-state index contributed by atoms with van der Waals surface area (Å²) >= 11 is 0. The highest BCUT2D eigenvalue weighted by molar-refractivity contribution is 5.94. The number of hydrogen-bond donors (Lipinski definition) is 0. The molecule has 35 heavy (non-hydrogen) atoms. The Morgan fingerprint density at radius 2 is 1.77 bits per heavy atom. The molecule has 4 rings (SSSR count). The van der Waals surface area contributed by atoms with Crippen LogP contribution in [0.4, 0.5) is 5.82 Å². The van der Waals surface area contributed by atoms with Crippen LogP contribution < -0.4 is 9.64 Å². The lowest BCUT2D eigenvalue weighted by atomic mass is 10.1. The standard InChI is InChI=1S/C25H29N5O5/c1-33-17-15-30(25(32)22-4-3-16-35-22)18-24(31)29-13-11-28(12-14-29)23-10-9-21(26-27-23)19-5-7-20(34-2)8-6-19/h3-10,16H,11-15,17-18H2,1-2H3. The first-order valence-electron chi connectivity index (χ1n) is 11.4. The van der Waals surface area contributed by atoms with E-state index in [-0.39, 0.29) is 24.1 Å². The van der Waals surface area contributed by atoms with Crippen molar-refractivity contribution in [1.82, 2.24) is 20.0 Å². The van der Waals surface area contributed by atoms with Gasteiger partial charge in [0.15, 0.2) is 11.6 Å². The molecule has 1 saturated heterocycles. The number of aromatic nitrogens is 2. The smallest absolute Gasteiger partial charge is 0.290 e. The molecule has 0 N–H and O–H groups in total. The third kappa shape index (κ3) is 5.96. The molecule has 184 valence electrons. The maximum absolute atomic E-state index is 12.9. The number of furan rings is 1. The van der Waals surface area contributed by atoms with Crippen LogP contribution in [0.25, 0.3) is 11.3 Å². The summed E-state index contributed by atoms with van der Waals surface area (Å²) in [5.41, 5.74) is 1.74. The molecule has 0 unspecified atom stereocenters. The molecular formula is C25H29N5O5. The molecule has 3 aromatic rings. The number of nitrogens with zero attached hydrogens (tertiary/aromatic N) is 5. The van der Waals surface area contributed by atoms with Crippen molar-refractivity contribution in [2.75, 3.05) is 65.0 Å². The summed E-state index contributed by atoms with van der Waals surface area (Å²) in [6, 6.07) is 14.8. The maximum atomic E-state index is 12.9. The molecule has 1 fully saturated rings. The zero-order valence-electron chi connectivity index (χ0n) is 19.9. The summed E-state index contributed by atoms with van der Waals surface area (Å²) in [5.74, 6) is 1.32. The molecule has 0 atom stereocenters. The van der Waals surface area contributed by atoms with E-state index in [1.54, 1.807) is 31.3 Å². The Hall–Kier alpha value is -3.92. The van der Waals surface area contributed by atoms with E-state index >= 15 is 0 Å². The maximum Gasteiger partial charge on any atom is 0.290 e. The number of hydrogen-bond acceptors (Lipinski definition) is 8. The van der Waals surface area contributed by atoms with Crippen molar-refractivity contribution in [3.05, 3.63) is 60.6 Å². The number of amides is 2. The summed E-state index contributed by atoms with van der Waals surface area (Å²) < 4.78 is 15.5. The van der Waals surface area contributed by atoms with Gasteiger partial charge in [-0.05, 0) is 48.5 Å². The molecule has 0 bridgehead atoms. The van der Waals surface area contributed by atoms with Crippen LogP contribution >= 0.6 is 0 Å². The van der Waals surface area contributed by atoms with E-state index in [4.69, 9.17) is 13.9 Å². The fourth-order valence-electron chi connectivity index (χ4n) is 3.87. The van der Waals surface area contributed by atoms with Crippen LogP contribution in [0.3, 0.4) is 0 Å². The minimum Gasteiger partial charge on any atom is -0.497 e. The van der Waals surface area contributed by atoms with Crippen molar-refractivity contribution in [3.63, 3.8) is 0 Å². The van der Waals surface area contributed by atoms with Crippen molar-refractivity contribution >= 4 is 17.6 Å². The van der Waals surface area contributed by atoms with Crippen molar-refractivity contribution < 1.29 is 23.5 Å². The Labute approximate surface area is 204 Å². The number of rotatable bonds is 9. The number of carbonyl (C=O) groups excluding carboxylic acids is 2. The average Bonchev–Trinajstić information content (AvgIpc) is 3.46. The first kappa shape index (κ1) is 24.2. The third-order valence-corrected chi connectivity index (χ3v) is 5.90. The molecule has 1 aliphatic heterocycles. The van der Waals surface area contributed by atoms with Gasteiger partial charge < -0.3 is 28.6 Å². The van der Waals surface area contributed by atoms with E-state index in [0.717, 1.165) is 22.8 Å². The molecule has 1 aliphatic rings. The normalized spacial score (nSPS) is 13.5. The van der Waals surface area contributed by atoms with E-state index in [0.29, 0.717) is 39.3 Å². The Balaban J connectivity index is 1.32. The van der Waals surface area contributed by atoms with E-state index in [2.05, 4.69) is 15.1 Å². The second kappa shape index (κ2) is 11.5. The minimum absolute atomic E-state index is 0.0285. The zero-order chi connectivity index (χ0) is 24.6. The Morgan fingerprint density at radius 3 is 2.37 bits per heavy atom. The zero-order valence-corrected chi connectivity index (χ0v) is 19.9. The number of methoxy groups -OCH3 is 2. The Bertz CT molecular complexity index is 1090. The second-order valence-electron chi connectivity index (χ2n) is 8.07. The van der Waals surface area contributed by atoms with E-state index < -0.39 is 0 Å². The van der Waals surface area contributed by atoms with Crippen LogP contribution in [-0.2, 0) is 9.53 Å². The number of piperazine rings is 1. The van der Waals surface area contributed by atoms with Gasteiger partial charge in [0, 0.05) is 45.4 Å². The van der Waals surface area contributed by atoms with Gasteiger partial charge in [0.2, 0.25) is 5.91 Å².